The SMILES string of the molecule is CC1(C)OC2C([C@@H](COCc3ccccc3)OCc3ccccc3)O[C@@](OC(=Nc3ccccc3)C(F)(F)F)(C(=O)OCc3ccccc3)C[C@@H]2O1. The Balaban J connectivity index is 1.38. The van der Waals surface area contributed by atoms with Crippen molar-refractivity contribution in [1.29, 1.82) is 0 Å². The van der Waals surface area contributed by atoms with E-state index in [0.29, 0.717) is 5.56 Å². The van der Waals surface area contributed by atoms with E-state index in [0.717, 1.165) is 11.1 Å². The maximum Gasteiger partial charge on any atom is 0.468 e. The molecule has 12 heteroatoms. The molecular formula is C40H40F3NO8. The molecule has 4 aromatic carbocycles. The van der Waals surface area contributed by atoms with E-state index in [1.807, 2.05) is 60.7 Å². The number of alkyl halides is 3. The van der Waals surface area contributed by atoms with E-state index >= 15 is 0 Å². The molecular weight excluding hydrogens is 679 g/mol. The van der Waals surface area contributed by atoms with Gasteiger partial charge in [-0.3, -0.25) is 0 Å². The van der Waals surface area contributed by atoms with E-state index in [1.54, 1.807) is 50.2 Å². The highest BCUT2D eigenvalue weighted by Crippen LogP contribution is 2.45. The molecule has 0 aliphatic carbocycles. The summed E-state index contributed by atoms with van der Waals surface area (Å²) >= 11 is 0. The van der Waals surface area contributed by atoms with Gasteiger partial charge in [-0.25, -0.2) is 9.79 Å². The van der Waals surface area contributed by atoms with E-state index in [1.165, 1.54) is 24.3 Å². The van der Waals surface area contributed by atoms with E-state index in [2.05, 4.69) is 4.99 Å². The Kier molecular flexibility index (Phi) is 11.7. The van der Waals surface area contributed by atoms with Gasteiger partial charge in [0, 0.05) is 0 Å². The number of rotatable bonds is 13. The molecule has 0 spiro atoms. The van der Waals surface area contributed by atoms with Gasteiger partial charge in [0.15, 0.2) is 5.79 Å². The van der Waals surface area contributed by atoms with Crippen LogP contribution in [0, 0.1) is 0 Å². The number of carbonyl (C=O) groups is 1. The quantitative estimate of drug-likeness (QED) is 0.0784. The lowest BCUT2D eigenvalue weighted by Gasteiger charge is -2.45. The Hall–Kier alpha value is -4.59. The van der Waals surface area contributed by atoms with Crippen molar-refractivity contribution in [2.45, 2.75) is 82.3 Å². The summed E-state index contributed by atoms with van der Waals surface area (Å²) in [5.74, 6) is -6.79. The summed E-state index contributed by atoms with van der Waals surface area (Å²) in [6, 6.07) is 34.9. The monoisotopic (exact) mass is 719 g/mol. The number of fused-ring (bicyclic) bond motifs is 1. The number of aliphatic imine (C=N–C) groups is 1. The Morgan fingerprint density at radius 2 is 1.31 bits per heavy atom. The largest absolute Gasteiger partial charge is 0.468 e. The molecule has 2 saturated heterocycles. The molecule has 0 radical (unpaired) electrons. The van der Waals surface area contributed by atoms with Crippen molar-refractivity contribution in [3.05, 3.63) is 138 Å². The second kappa shape index (κ2) is 16.4. The van der Waals surface area contributed by atoms with Gasteiger partial charge in [0.05, 0.1) is 38.0 Å². The van der Waals surface area contributed by atoms with Crippen LogP contribution in [-0.4, -0.2) is 60.6 Å². The van der Waals surface area contributed by atoms with Gasteiger partial charge in [0.2, 0.25) is 0 Å². The average molecular weight is 720 g/mol. The van der Waals surface area contributed by atoms with Crippen LogP contribution in [0.4, 0.5) is 18.9 Å². The Morgan fingerprint density at radius 3 is 1.88 bits per heavy atom. The molecule has 0 bridgehead atoms. The van der Waals surface area contributed by atoms with Crippen LogP contribution in [0.3, 0.4) is 0 Å². The maximum absolute atomic E-state index is 14.8. The first-order valence-electron chi connectivity index (χ1n) is 16.9. The minimum absolute atomic E-state index is 0.0483. The minimum atomic E-state index is -5.13. The van der Waals surface area contributed by atoms with E-state index in [4.69, 9.17) is 33.2 Å². The first-order chi connectivity index (χ1) is 25.0. The molecule has 2 unspecified atom stereocenters. The third kappa shape index (κ3) is 9.64. The van der Waals surface area contributed by atoms with E-state index < -0.39 is 60.5 Å². The molecule has 9 nitrogen and oxygen atoms in total. The molecule has 2 aliphatic heterocycles. The topological polar surface area (TPSA) is 94.0 Å². The number of nitrogens with zero attached hydrogens (tertiary/aromatic N) is 1. The summed E-state index contributed by atoms with van der Waals surface area (Å²) in [7, 11) is 0. The van der Waals surface area contributed by atoms with Crippen molar-refractivity contribution in [2.75, 3.05) is 6.61 Å². The summed E-state index contributed by atoms with van der Waals surface area (Å²) in [5.41, 5.74) is 2.27. The molecule has 5 atom stereocenters. The summed E-state index contributed by atoms with van der Waals surface area (Å²) < 4.78 is 87.1. The van der Waals surface area contributed by atoms with Crippen LogP contribution >= 0.6 is 0 Å². The van der Waals surface area contributed by atoms with Crippen LogP contribution in [0.1, 0.15) is 37.0 Å². The van der Waals surface area contributed by atoms with Crippen LogP contribution in [0.15, 0.2) is 126 Å². The third-order valence-electron chi connectivity index (χ3n) is 8.42. The highest BCUT2D eigenvalue weighted by atomic mass is 19.4. The zero-order valence-corrected chi connectivity index (χ0v) is 28.7. The molecule has 0 amide bonds. The Bertz CT molecular complexity index is 1760. The lowest BCUT2D eigenvalue weighted by atomic mass is 9.92. The number of halogens is 3. The zero-order valence-electron chi connectivity index (χ0n) is 28.7. The standard InChI is InChI=1S/C40H40F3NO8/c1-38(2)49-32-23-39(37(45)48-26-30-19-11-5-12-20-30,52-36(40(41,42)43)44-31-21-13-6-14-22-31)51-35(34(32)50-38)33(47-25-29-17-9-4-10-18-29)27-46-24-28-15-7-3-8-16-28/h3-22,32-35H,23-27H2,1-2H3/t32-,33+,34?,35?,39-/m0/s1. The Labute approximate surface area is 300 Å². The number of para-hydroxylation sites is 1. The normalized spacial score (nSPS) is 23.4. The lowest BCUT2D eigenvalue weighted by Crippen LogP contribution is -2.63. The maximum atomic E-state index is 14.8. The van der Waals surface area contributed by atoms with Gasteiger partial charge < -0.3 is 33.2 Å². The highest BCUT2D eigenvalue weighted by Gasteiger charge is 2.63. The van der Waals surface area contributed by atoms with Crippen LogP contribution in [-0.2, 0) is 57.8 Å². The molecule has 52 heavy (non-hydrogen) atoms. The number of benzene rings is 4. The summed E-state index contributed by atoms with van der Waals surface area (Å²) in [6.45, 7) is 3.29. The van der Waals surface area contributed by atoms with Gasteiger partial charge in [-0.15, -0.1) is 0 Å². The number of esters is 1. The zero-order chi connectivity index (χ0) is 36.6. The Morgan fingerprint density at radius 1 is 0.769 bits per heavy atom. The van der Waals surface area contributed by atoms with Crippen molar-refractivity contribution in [2.24, 2.45) is 4.99 Å². The van der Waals surface area contributed by atoms with Gasteiger partial charge in [-0.1, -0.05) is 109 Å². The van der Waals surface area contributed by atoms with Crippen LogP contribution in [0.5, 0.6) is 0 Å². The third-order valence-corrected chi connectivity index (χ3v) is 8.42. The minimum Gasteiger partial charge on any atom is -0.456 e. The van der Waals surface area contributed by atoms with Crippen molar-refractivity contribution >= 4 is 17.6 Å². The predicted molar refractivity (Wildman–Crippen MR) is 184 cm³/mol. The fraction of sp³-hybridized carbons (Fsp3) is 0.350. The van der Waals surface area contributed by atoms with Crippen LogP contribution in [0.25, 0.3) is 0 Å². The second-order valence-electron chi connectivity index (χ2n) is 12.9. The molecule has 2 aliphatic rings. The van der Waals surface area contributed by atoms with Crippen molar-refractivity contribution in [1.82, 2.24) is 0 Å². The van der Waals surface area contributed by atoms with Crippen LogP contribution in [0.2, 0.25) is 0 Å². The lowest BCUT2D eigenvalue weighted by molar-refractivity contribution is -0.302. The number of ether oxygens (including phenoxy) is 7. The molecule has 2 heterocycles. The van der Waals surface area contributed by atoms with Crippen LogP contribution < -0.4 is 0 Å². The van der Waals surface area contributed by atoms with Gasteiger partial charge in [0.1, 0.15) is 24.9 Å². The van der Waals surface area contributed by atoms with Gasteiger partial charge in [-0.2, -0.15) is 13.2 Å². The number of hydrogen-bond acceptors (Lipinski definition) is 9. The first kappa shape index (κ1) is 37.2. The summed E-state index contributed by atoms with van der Waals surface area (Å²) in [5, 5.41) is 0. The first-order valence-corrected chi connectivity index (χ1v) is 16.9. The molecule has 0 saturated carbocycles. The second-order valence-corrected chi connectivity index (χ2v) is 12.9. The molecule has 4 aromatic rings. The number of hydrogen-bond donors (Lipinski definition) is 0. The van der Waals surface area contributed by atoms with Crippen molar-refractivity contribution in [3.8, 4) is 0 Å². The smallest absolute Gasteiger partial charge is 0.456 e. The van der Waals surface area contributed by atoms with Gasteiger partial charge in [-0.05, 0) is 42.7 Å². The molecule has 6 rings (SSSR count). The van der Waals surface area contributed by atoms with E-state index in [9.17, 15) is 18.0 Å². The summed E-state index contributed by atoms with van der Waals surface area (Å²) in [4.78, 5) is 18.0. The number of carbonyl (C=O) groups excluding carboxylic acids is 1. The molecule has 274 valence electrons. The van der Waals surface area contributed by atoms with Crippen molar-refractivity contribution < 1.29 is 51.1 Å². The summed E-state index contributed by atoms with van der Waals surface area (Å²) in [6.07, 6.45) is -9.75. The average Bonchev–Trinajstić information content (AvgIpc) is 3.46. The highest BCUT2D eigenvalue weighted by molar-refractivity contribution is 5.89. The fourth-order valence-electron chi connectivity index (χ4n) is 6.06. The predicted octanol–water partition coefficient (Wildman–Crippen LogP) is 7.85. The fourth-order valence-corrected chi connectivity index (χ4v) is 6.06. The van der Waals surface area contributed by atoms with Gasteiger partial charge >= 0.3 is 23.8 Å². The van der Waals surface area contributed by atoms with Crippen molar-refractivity contribution in [3.63, 3.8) is 0 Å². The molecule has 2 fully saturated rings. The molecule has 0 N–H and O–H groups in total. The van der Waals surface area contributed by atoms with Gasteiger partial charge in [0.25, 0.3) is 0 Å². The van der Waals surface area contributed by atoms with E-state index in [-0.39, 0.29) is 32.1 Å². The molecule has 0 aromatic heterocycles.